The molecule has 1 amide bonds. The van der Waals surface area contributed by atoms with Crippen LogP contribution in [0.4, 0.5) is 11.5 Å². The van der Waals surface area contributed by atoms with E-state index in [-0.39, 0.29) is 5.91 Å². The van der Waals surface area contributed by atoms with Crippen molar-refractivity contribution in [1.82, 2.24) is 9.88 Å². The van der Waals surface area contributed by atoms with Gasteiger partial charge in [-0.15, -0.1) is 0 Å². The van der Waals surface area contributed by atoms with Gasteiger partial charge in [-0.25, -0.2) is 4.98 Å². The summed E-state index contributed by atoms with van der Waals surface area (Å²) >= 11 is 0. The fourth-order valence-electron chi connectivity index (χ4n) is 3.44. The zero-order valence-corrected chi connectivity index (χ0v) is 16.5. The molecule has 0 bridgehead atoms. The number of anilines is 2. The van der Waals surface area contributed by atoms with Crippen molar-refractivity contribution in [2.24, 2.45) is 5.92 Å². The molecule has 1 aromatic heterocycles. The molecule has 4 rings (SSSR count). The summed E-state index contributed by atoms with van der Waals surface area (Å²) in [5.74, 6) is 2.83. The predicted octanol–water partition coefficient (Wildman–Crippen LogP) is 5.49. The second-order valence-corrected chi connectivity index (χ2v) is 7.44. The highest BCUT2D eigenvalue weighted by molar-refractivity contribution is 5.95. The Morgan fingerprint density at radius 2 is 1.76 bits per heavy atom. The van der Waals surface area contributed by atoms with E-state index in [0.717, 1.165) is 37.4 Å². The Morgan fingerprint density at radius 1 is 1.03 bits per heavy atom. The normalized spacial score (nSPS) is 14.4. The number of carbonyl (C=O) groups is 1. The zero-order valence-electron chi connectivity index (χ0n) is 16.5. The lowest BCUT2D eigenvalue weighted by Gasteiger charge is -2.30. The van der Waals surface area contributed by atoms with Gasteiger partial charge in [0.25, 0.3) is 5.91 Å². The summed E-state index contributed by atoms with van der Waals surface area (Å²) in [5, 5.41) is 3.29. The predicted molar refractivity (Wildman–Crippen MR) is 115 cm³/mol. The third-order valence-electron chi connectivity index (χ3n) is 5.20. The first-order chi connectivity index (χ1) is 14.2. The van der Waals surface area contributed by atoms with Gasteiger partial charge in [-0.05, 0) is 55.2 Å². The Balaban J connectivity index is 1.51. The molecule has 1 saturated heterocycles. The summed E-state index contributed by atoms with van der Waals surface area (Å²) < 4.78 is 6.00. The summed E-state index contributed by atoms with van der Waals surface area (Å²) in [6.45, 7) is 3.88. The number of para-hydroxylation sites is 3. The van der Waals surface area contributed by atoms with E-state index in [1.165, 1.54) is 0 Å². The molecule has 1 aliphatic rings. The smallest absolute Gasteiger partial charge is 0.254 e. The lowest BCUT2D eigenvalue weighted by molar-refractivity contribution is 0.0697. The molecule has 2 heterocycles. The highest BCUT2D eigenvalue weighted by atomic mass is 16.5. The minimum Gasteiger partial charge on any atom is -0.455 e. The molecule has 2 aromatic carbocycles. The highest BCUT2D eigenvalue weighted by Crippen LogP contribution is 2.31. The molecule has 1 fully saturated rings. The molecule has 1 N–H and O–H groups in total. The molecule has 0 unspecified atom stereocenters. The van der Waals surface area contributed by atoms with Crippen molar-refractivity contribution in [1.29, 1.82) is 0 Å². The molecule has 0 radical (unpaired) electrons. The third-order valence-corrected chi connectivity index (χ3v) is 5.20. The van der Waals surface area contributed by atoms with Crippen molar-refractivity contribution in [3.8, 4) is 11.5 Å². The van der Waals surface area contributed by atoms with Crippen LogP contribution in [0, 0.1) is 5.92 Å². The summed E-state index contributed by atoms with van der Waals surface area (Å²) in [6, 6.07) is 20.9. The molecule has 1 aliphatic heterocycles. The maximum atomic E-state index is 12.9. The van der Waals surface area contributed by atoms with Crippen LogP contribution < -0.4 is 10.1 Å². The topological polar surface area (TPSA) is 54.5 Å². The fourth-order valence-corrected chi connectivity index (χ4v) is 3.44. The average Bonchev–Trinajstić information content (AvgIpc) is 2.76. The molecular weight excluding hydrogens is 362 g/mol. The Morgan fingerprint density at radius 3 is 2.55 bits per heavy atom. The molecule has 148 valence electrons. The van der Waals surface area contributed by atoms with Gasteiger partial charge in [0.2, 0.25) is 0 Å². The van der Waals surface area contributed by atoms with Gasteiger partial charge in [0, 0.05) is 24.8 Å². The number of benzene rings is 2. The van der Waals surface area contributed by atoms with Crippen LogP contribution in [-0.2, 0) is 0 Å². The third kappa shape index (κ3) is 4.74. The Bertz CT molecular complexity index is 967. The number of nitrogens with one attached hydrogen (secondary N) is 1. The van der Waals surface area contributed by atoms with Gasteiger partial charge in [0.15, 0.2) is 5.75 Å². The van der Waals surface area contributed by atoms with Crippen molar-refractivity contribution in [2.45, 2.75) is 19.8 Å². The second-order valence-electron chi connectivity index (χ2n) is 7.44. The number of nitrogens with zero attached hydrogens (tertiary/aromatic N) is 2. The van der Waals surface area contributed by atoms with E-state index in [1.807, 2.05) is 59.5 Å². The van der Waals surface area contributed by atoms with Crippen molar-refractivity contribution in [3.05, 3.63) is 78.5 Å². The zero-order chi connectivity index (χ0) is 20.1. The fraction of sp³-hybridized carbons (Fsp3) is 0.250. The van der Waals surface area contributed by atoms with Gasteiger partial charge >= 0.3 is 0 Å². The largest absolute Gasteiger partial charge is 0.455 e. The van der Waals surface area contributed by atoms with Gasteiger partial charge < -0.3 is 15.0 Å². The number of amides is 1. The van der Waals surface area contributed by atoms with Gasteiger partial charge in [0.1, 0.15) is 11.6 Å². The maximum Gasteiger partial charge on any atom is 0.254 e. The molecule has 5 heteroatoms. The van der Waals surface area contributed by atoms with E-state index in [2.05, 4.69) is 17.2 Å². The highest BCUT2D eigenvalue weighted by Gasteiger charge is 2.21. The van der Waals surface area contributed by atoms with Crippen LogP contribution >= 0.6 is 0 Å². The summed E-state index contributed by atoms with van der Waals surface area (Å²) in [4.78, 5) is 19.2. The van der Waals surface area contributed by atoms with Crippen LogP contribution in [0.25, 0.3) is 0 Å². The molecule has 3 aromatic rings. The number of hydrogen-bond donors (Lipinski definition) is 1. The van der Waals surface area contributed by atoms with Gasteiger partial charge in [-0.3, -0.25) is 4.79 Å². The molecular formula is C24H25N3O2. The van der Waals surface area contributed by atoms with Crippen molar-refractivity contribution >= 4 is 17.4 Å². The number of pyridine rings is 1. The van der Waals surface area contributed by atoms with Crippen LogP contribution in [0.5, 0.6) is 11.5 Å². The first-order valence-electron chi connectivity index (χ1n) is 10.0. The van der Waals surface area contributed by atoms with Gasteiger partial charge in [0.05, 0.1) is 5.69 Å². The van der Waals surface area contributed by atoms with Crippen LogP contribution in [0.15, 0.2) is 72.9 Å². The standard InChI is InChI=1S/C24H25N3O2/c1-18-12-15-27(16-13-18)24(28)19-11-14-25-23(17-19)26-21-9-5-6-10-22(21)29-20-7-3-2-4-8-20/h2-11,14,17-18H,12-13,15-16H2,1H3,(H,25,26). The number of rotatable bonds is 5. The Hall–Kier alpha value is -3.34. The number of likely N-dealkylation sites (tertiary alicyclic amines) is 1. The van der Waals surface area contributed by atoms with Crippen molar-refractivity contribution < 1.29 is 9.53 Å². The summed E-state index contributed by atoms with van der Waals surface area (Å²) in [5.41, 5.74) is 1.44. The van der Waals surface area contributed by atoms with Crippen LogP contribution in [0.1, 0.15) is 30.1 Å². The summed E-state index contributed by atoms with van der Waals surface area (Å²) in [7, 11) is 0. The van der Waals surface area contributed by atoms with Gasteiger partial charge in [-0.1, -0.05) is 37.3 Å². The SMILES string of the molecule is CC1CCN(C(=O)c2ccnc(Nc3ccccc3Oc3ccccc3)c2)CC1. The molecule has 0 saturated carbocycles. The lowest BCUT2D eigenvalue weighted by Crippen LogP contribution is -2.37. The number of carbonyl (C=O) groups excluding carboxylic acids is 1. The number of hydrogen-bond acceptors (Lipinski definition) is 4. The average molecular weight is 387 g/mol. The van der Waals surface area contributed by atoms with E-state index in [4.69, 9.17) is 4.74 Å². The van der Waals surface area contributed by atoms with E-state index < -0.39 is 0 Å². The molecule has 0 aliphatic carbocycles. The van der Waals surface area contributed by atoms with E-state index >= 15 is 0 Å². The first kappa shape index (κ1) is 19.0. The van der Waals surface area contributed by atoms with Gasteiger partial charge in [-0.2, -0.15) is 0 Å². The molecule has 0 spiro atoms. The number of piperidine rings is 1. The second kappa shape index (κ2) is 8.78. The lowest BCUT2D eigenvalue weighted by atomic mass is 9.99. The van der Waals surface area contributed by atoms with Crippen LogP contribution in [0.2, 0.25) is 0 Å². The van der Waals surface area contributed by atoms with Crippen molar-refractivity contribution in [2.75, 3.05) is 18.4 Å². The molecule has 0 atom stereocenters. The number of ether oxygens (including phenoxy) is 1. The Labute approximate surface area is 171 Å². The summed E-state index contributed by atoms with van der Waals surface area (Å²) in [6.07, 6.45) is 3.79. The minimum atomic E-state index is 0.0659. The molecule has 29 heavy (non-hydrogen) atoms. The van der Waals surface area contributed by atoms with E-state index in [9.17, 15) is 4.79 Å². The maximum absolute atomic E-state index is 12.9. The Kier molecular flexibility index (Phi) is 5.75. The monoisotopic (exact) mass is 387 g/mol. The molecule has 5 nitrogen and oxygen atoms in total. The first-order valence-corrected chi connectivity index (χ1v) is 10.0. The van der Waals surface area contributed by atoms with Crippen LogP contribution in [-0.4, -0.2) is 28.9 Å². The quantitative estimate of drug-likeness (QED) is 0.629. The van der Waals surface area contributed by atoms with E-state index in [1.54, 1.807) is 18.3 Å². The number of aromatic nitrogens is 1. The van der Waals surface area contributed by atoms with E-state index in [0.29, 0.717) is 23.0 Å². The minimum absolute atomic E-state index is 0.0659. The van der Waals surface area contributed by atoms with Crippen LogP contribution in [0.3, 0.4) is 0 Å². The van der Waals surface area contributed by atoms with Crippen molar-refractivity contribution in [3.63, 3.8) is 0 Å².